The lowest BCUT2D eigenvalue weighted by atomic mass is 10.2. The van der Waals surface area contributed by atoms with Gasteiger partial charge in [-0.25, -0.2) is 0 Å². The number of aromatic nitrogens is 1. The molecule has 0 radical (unpaired) electrons. The topological polar surface area (TPSA) is 91.4 Å². The molecule has 2 aromatic rings. The molecular weight excluding hydrogens is 308 g/mol. The molecule has 0 unspecified atom stereocenters. The van der Waals surface area contributed by atoms with Gasteiger partial charge in [-0.3, -0.25) is 30.2 Å². The summed E-state index contributed by atoms with van der Waals surface area (Å²) in [6.07, 6.45) is 4.37. The van der Waals surface area contributed by atoms with Crippen LogP contribution in [0.4, 0.5) is 5.69 Å². The second-order valence-electron chi connectivity index (χ2n) is 5.35. The van der Waals surface area contributed by atoms with Crippen LogP contribution in [-0.2, 0) is 4.79 Å². The fraction of sp³-hybridized carbons (Fsp3) is 0.176. The van der Waals surface area contributed by atoms with Crippen LogP contribution in [0.1, 0.15) is 33.6 Å². The van der Waals surface area contributed by atoms with Crippen molar-refractivity contribution in [1.29, 1.82) is 0 Å². The molecule has 1 aromatic carbocycles. The van der Waals surface area contributed by atoms with Gasteiger partial charge in [-0.2, -0.15) is 0 Å². The molecule has 0 atom stereocenters. The summed E-state index contributed by atoms with van der Waals surface area (Å²) >= 11 is 0. The molecule has 0 bridgehead atoms. The number of nitrogens with one attached hydrogen (secondary N) is 2. The minimum absolute atomic E-state index is 0.0935. The van der Waals surface area contributed by atoms with E-state index in [0.717, 1.165) is 12.1 Å². The van der Waals surface area contributed by atoms with E-state index >= 15 is 0 Å². The minimum Gasteiger partial charge on any atom is -0.312 e. The van der Waals surface area contributed by atoms with Crippen LogP contribution < -0.4 is 15.8 Å². The van der Waals surface area contributed by atoms with Crippen molar-refractivity contribution in [2.75, 3.05) is 11.4 Å². The summed E-state index contributed by atoms with van der Waals surface area (Å²) < 4.78 is 0. The molecule has 3 rings (SSSR count). The predicted molar refractivity (Wildman–Crippen MR) is 87.2 cm³/mol. The highest BCUT2D eigenvalue weighted by Crippen LogP contribution is 2.21. The zero-order valence-electron chi connectivity index (χ0n) is 12.9. The van der Waals surface area contributed by atoms with E-state index in [0.29, 0.717) is 24.1 Å². The highest BCUT2D eigenvalue weighted by molar-refractivity contribution is 6.00. The normalized spacial score (nSPS) is 13.7. The van der Waals surface area contributed by atoms with Gasteiger partial charge in [-0.05, 0) is 42.8 Å². The summed E-state index contributed by atoms with van der Waals surface area (Å²) in [4.78, 5) is 41.1. The van der Waals surface area contributed by atoms with Crippen LogP contribution in [0.3, 0.4) is 0 Å². The number of rotatable bonds is 3. The monoisotopic (exact) mass is 324 g/mol. The second-order valence-corrected chi connectivity index (χ2v) is 5.35. The Morgan fingerprint density at radius 1 is 1.00 bits per heavy atom. The van der Waals surface area contributed by atoms with Gasteiger partial charge in [0.25, 0.3) is 11.8 Å². The van der Waals surface area contributed by atoms with Gasteiger partial charge in [0.15, 0.2) is 0 Å². The largest absolute Gasteiger partial charge is 0.312 e. The van der Waals surface area contributed by atoms with Crippen molar-refractivity contribution in [1.82, 2.24) is 15.8 Å². The molecule has 1 fully saturated rings. The van der Waals surface area contributed by atoms with Crippen molar-refractivity contribution < 1.29 is 14.4 Å². The van der Waals surface area contributed by atoms with E-state index in [9.17, 15) is 14.4 Å². The van der Waals surface area contributed by atoms with Crippen LogP contribution in [0.2, 0.25) is 0 Å². The number of nitrogens with zero attached hydrogens (tertiary/aromatic N) is 2. The molecule has 2 heterocycles. The van der Waals surface area contributed by atoms with E-state index in [2.05, 4.69) is 15.8 Å². The van der Waals surface area contributed by atoms with Gasteiger partial charge in [0.2, 0.25) is 5.91 Å². The van der Waals surface area contributed by atoms with Crippen molar-refractivity contribution in [3.8, 4) is 0 Å². The standard InChI is InChI=1S/C17H16N4O3/c22-15-4-2-10-21(15)14-7-5-12(6-8-14)16(23)19-20-17(24)13-3-1-9-18-11-13/h1,3,5-9,11H,2,4,10H2,(H,19,23)(H,20,24). The molecule has 7 heteroatoms. The predicted octanol–water partition coefficient (Wildman–Crippen LogP) is 1.28. The third-order valence-electron chi connectivity index (χ3n) is 3.73. The van der Waals surface area contributed by atoms with Crippen molar-refractivity contribution in [2.24, 2.45) is 0 Å². The Kier molecular flexibility index (Phi) is 4.51. The minimum atomic E-state index is -0.448. The summed E-state index contributed by atoms with van der Waals surface area (Å²) in [7, 11) is 0. The molecule has 0 saturated carbocycles. The third kappa shape index (κ3) is 3.40. The molecule has 1 aliphatic rings. The lowest BCUT2D eigenvalue weighted by Crippen LogP contribution is -2.41. The van der Waals surface area contributed by atoms with Gasteiger partial charge in [0.1, 0.15) is 0 Å². The first-order valence-corrected chi connectivity index (χ1v) is 7.56. The first-order chi connectivity index (χ1) is 11.6. The summed E-state index contributed by atoms with van der Waals surface area (Å²) in [5.41, 5.74) is 6.18. The average Bonchev–Trinajstić information content (AvgIpc) is 3.06. The van der Waals surface area contributed by atoms with Crippen LogP contribution in [0.15, 0.2) is 48.8 Å². The number of hydrogen-bond donors (Lipinski definition) is 2. The summed E-state index contributed by atoms with van der Waals surface area (Å²) in [6.45, 7) is 0.700. The molecular formula is C17H16N4O3. The Balaban J connectivity index is 1.59. The lowest BCUT2D eigenvalue weighted by Gasteiger charge is -2.15. The van der Waals surface area contributed by atoms with E-state index < -0.39 is 11.8 Å². The molecule has 2 N–H and O–H groups in total. The maximum absolute atomic E-state index is 12.1. The molecule has 122 valence electrons. The van der Waals surface area contributed by atoms with Gasteiger partial charge < -0.3 is 4.90 Å². The number of anilines is 1. The maximum Gasteiger partial charge on any atom is 0.271 e. The second kappa shape index (κ2) is 6.91. The Bertz CT molecular complexity index is 759. The van der Waals surface area contributed by atoms with Crippen LogP contribution in [-0.4, -0.2) is 29.3 Å². The highest BCUT2D eigenvalue weighted by atomic mass is 16.2. The van der Waals surface area contributed by atoms with E-state index in [4.69, 9.17) is 0 Å². The molecule has 0 aliphatic carbocycles. The Morgan fingerprint density at radius 3 is 2.29 bits per heavy atom. The highest BCUT2D eigenvalue weighted by Gasteiger charge is 2.21. The number of amides is 3. The number of benzene rings is 1. The summed E-state index contributed by atoms with van der Waals surface area (Å²) in [6, 6.07) is 9.91. The molecule has 1 saturated heterocycles. The SMILES string of the molecule is O=C(NNC(=O)c1cccnc1)c1ccc(N2CCCC2=O)cc1. The number of carbonyl (C=O) groups is 3. The van der Waals surface area contributed by atoms with E-state index in [1.54, 1.807) is 47.5 Å². The van der Waals surface area contributed by atoms with Gasteiger partial charge >= 0.3 is 0 Å². The van der Waals surface area contributed by atoms with Crippen LogP contribution in [0.25, 0.3) is 0 Å². The third-order valence-corrected chi connectivity index (χ3v) is 3.73. The van der Waals surface area contributed by atoms with Gasteiger partial charge in [-0.15, -0.1) is 0 Å². The smallest absolute Gasteiger partial charge is 0.271 e. The summed E-state index contributed by atoms with van der Waals surface area (Å²) in [5.74, 6) is -0.793. The van der Waals surface area contributed by atoms with Gasteiger partial charge in [0.05, 0.1) is 5.56 Å². The average molecular weight is 324 g/mol. The van der Waals surface area contributed by atoms with Crippen LogP contribution in [0.5, 0.6) is 0 Å². The van der Waals surface area contributed by atoms with E-state index in [1.165, 1.54) is 6.20 Å². The molecule has 1 aliphatic heterocycles. The summed E-state index contributed by atoms with van der Waals surface area (Å²) in [5, 5.41) is 0. The first kappa shape index (κ1) is 15.7. The van der Waals surface area contributed by atoms with Gasteiger partial charge in [-0.1, -0.05) is 0 Å². The number of hydrogen-bond acceptors (Lipinski definition) is 4. The fourth-order valence-electron chi connectivity index (χ4n) is 2.47. The van der Waals surface area contributed by atoms with Crippen molar-refractivity contribution in [3.05, 3.63) is 59.9 Å². The number of carbonyl (C=O) groups excluding carboxylic acids is 3. The zero-order valence-corrected chi connectivity index (χ0v) is 12.9. The molecule has 1 aromatic heterocycles. The van der Waals surface area contributed by atoms with Crippen LogP contribution >= 0.6 is 0 Å². The molecule has 24 heavy (non-hydrogen) atoms. The van der Waals surface area contributed by atoms with E-state index in [-0.39, 0.29) is 5.91 Å². The van der Waals surface area contributed by atoms with Crippen molar-refractivity contribution in [3.63, 3.8) is 0 Å². The Labute approximate surface area is 138 Å². The van der Waals surface area contributed by atoms with Gasteiger partial charge in [0, 0.05) is 36.6 Å². The quantitative estimate of drug-likeness (QED) is 0.832. The van der Waals surface area contributed by atoms with Crippen LogP contribution in [0, 0.1) is 0 Å². The van der Waals surface area contributed by atoms with Crippen molar-refractivity contribution >= 4 is 23.4 Å². The zero-order chi connectivity index (χ0) is 16.9. The maximum atomic E-state index is 12.1. The fourth-order valence-corrected chi connectivity index (χ4v) is 2.47. The number of pyridine rings is 1. The van der Waals surface area contributed by atoms with Crippen molar-refractivity contribution in [2.45, 2.75) is 12.8 Å². The lowest BCUT2D eigenvalue weighted by molar-refractivity contribution is -0.117. The number of hydrazine groups is 1. The Morgan fingerprint density at radius 2 is 1.71 bits per heavy atom. The molecule has 7 nitrogen and oxygen atoms in total. The molecule has 3 amide bonds. The first-order valence-electron chi connectivity index (χ1n) is 7.56. The van der Waals surface area contributed by atoms with E-state index in [1.807, 2.05) is 0 Å². The Hall–Kier alpha value is -3.22. The molecule has 0 spiro atoms.